The molecule has 21 nitrogen and oxygen atoms in total. The third-order valence-corrected chi connectivity index (χ3v) is 4.68. The number of aliphatic hydroxyl groups excluding tert-OH is 18. The van der Waals surface area contributed by atoms with Gasteiger partial charge in [-0.3, -0.25) is 0 Å². The first-order valence-electron chi connectivity index (χ1n) is 11.7. The van der Waals surface area contributed by atoms with Crippen molar-refractivity contribution in [3.8, 4) is 0 Å². The highest BCUT2D eigenvalue weighted by Crippen LogP contribution is 2.04. The molecule has 0 spiro atoms. The molecule has 0 aliphatic carbocycles. The highest BCUT2D eigenvalue weighted by Gasteiger charge is 2.31. The van der Waals surface area contributed by atoms with Gasteiger partial charge in [-0.2, -0.15) is 0 Å². The van der Waals surface area contributed by atoms with Crippen LogP contribution in [0, 0.1) is 0 Å². The first kappa shape index (κ1) is 47.2. The first-order valence-corrected chi connectivity index (χ1v) is 11.7. The number of aldehydes is 3. The maximum Gasteiger partial charge on any atom is 0.151 e. The van der Waals surface area contributed by atoms with Crippen LogP contribution in [-0.2, 0) is 14.4 Å². The Morgan fingerprint density at radius 3 is 0.619 bits per heavy atom. The fraction of sp³-hybridized carbons (Fsp3) is 0.857. The minimum absolute atomic E-state index is 0.0258. The van der Waals surface area contributed by atoms with E-state index in [4.69, 9.17) is 91.9 Å². The molecule has 0 aliphatic heterocycles. The normalized spacial score (nSPS) is 19.5. The molecule has 0 fully saturated rings. The number of hydrogen-bond acceptors (Lipinski definition) is 21. The Labute approximate surface area is 238 Å². The monoisotopic (exact) mass is 632 g/mol. The Hall–Kier alpha value is -1.71. The first-order chi connectivity index (χ1) is 19.4. The summed E-state index contributed by atoms with van der Waals surface area (Å²) in [6, 6.07) is 0. The summed E-state index contributed by atoms with van der Waals surface area (Å²) in [5.41, 5.74) is 0. The summed E-state index contributed by atoms with van der Waals surface area (Å²) >= 11 is 0. The summed E-state index contributed by atoms with van der Waals surface area (Å²) in [5.74, 6) is 0. The van der Waals surface area contributed by atoms with Crippen molar-refractivity contribution in [1.29, 1.82) is 0 Å². The third-order valence-electron chi connectivity index (χ3n) is 4.68. The molecule has 0 saturated heterocycles. The van der Waals surface area contributed by atoms with E-state index in [2.05, 4.69) is 0 Å². The second-order valence-corrected chi connectivity index (χ2v) is 8.09. The Morgan fingerprint density at radius 2 is 0.524 bits per heavy atom. The standard InChI is InChI=1S/3C6H12O6.C3H8O3/c3*7-1-3(9)5(11)6(12)4(10)2-8;4-1-3(6)2-5/h3*1,3-6,8-12H,2H2;3-6H,1-2H2/t3*3-,4+,5+,6+;/m000./s1. The fourth-order valence-electron chi connectivity index (χ4n) is 1.91. The summed E-state index contributed by atoms with van der Waals surface area (Å²) in [5, 5.41) is 155. The van der Waals surface area contributed by atoms with Crippen molar-refractivity contribution < 1.29 is 106 Å². The van der Waals surface area contributed by atoms with E-state index < -0.39 is 99.2 Å². The van der Waals surface area contributed by atoms with E-state index >= 15 is 0 Å². The average molecular weight is 633 g/mol. The zero-order chi connectivity index (χ0) is 34.2. The second kappa shape index (κ2) is 28.1. The molecule has 0 aromatic rings. The summed E-state index contributed by atoms with van der Waals surface area (Å²) in [4.78, 5) is 29.7. The van der Waals surface area contributed by atoms with Crippen molar-refractivity contribution in [2.75, 3.05) is 33.0 Å². The van der Waals surface area contributed by atoms with Crippen LogP contribution in [0.1, 0.15) is 0 Å². The van der Waals surface area contributed by atoms with E-state index in [9.17, 15) is 14.4 Å². The van der Waals surface area contributed by atoms with Crippen LogP contribution in [0.2, 0.25) is 0 Å². The Kier molecular flexibility index (Phi) is 31.6. The summed E-state index contributed by atoms with van der Waals surface area (Å²) in [6.07, 6.45) is -21.5. The molecular formula is C21H44O21. The molecule has 254 valence electrons. The lowest BCUT2D eigenvalue weighted by atomic mass is 10.0. The van der Waals surface area contributed by atoms with E-state index in [1.807, 2.05) is 0 Å². The van der Waals surface area contributed by atoms with Gasteiger partial charge in [-0.1, -0.05) is 0 Å². The fourth-order valence-corrected chi connectivity index (χ4v) is 1.91. The molecule has 0 bridgehead atoms. The molecule has 0 amide bonds. The van der Waals surface area contributed by atoms with Crippen molar-refractivity contribution in [3.63, 3.8) is 0 Å². The van der Waals surface area contributed by atoms with Gasteiger partial charge < -0.3 is 106 Å². The van der Waals surface area contributed by atoms with Gasteiger partial charge in [-0.25, -0.2) is 0 Å². The SMILES string of the molecule is O=C[C@H](O)[C@@H](O)[C@H](O)[C@H](O)CO.O=C[C@H](O)[C@@H](O)[C@H](O)[C@H](O)CO.O=C[C@H](O)[C@@H](O)[C@H](O)[C@H](O)CO.OCC(O)CO. The number of aliphatic hydroxyl groups is 18. The van der Waals surface area contributed by atoms with Gasteiger partial charge in [-0.05, 0) is 0 Å². The molecule has 0 heterocycles. The third kappa shape index (κ3) is 21.1. The quantitative estimate of drug-likeness (QED) is 0.0661. The molecular weight excluding hydrogens is 588 g/mol. The molecule has 0 aliphatic rings. The van der Waals surface area contributed by atoms with Crippen LogP contribution < -0.4 is 0 Å². The smallest absolute Gasteiger partial charge is 0.151 e. The number of rotatable bonds is 17. The molecule has 0 unspecified atom stereocenters. The molecule has 12 atom stereocenters. The molecule has 0 aromatic heterocycles. The van der Waals surface area contributed by atoms with Crippen LogP contribution in [0.15, 0.2) is 0 Å². The van der Waals surface area contributed by atoms with Gasteiger partial charge in [0.05, 0.1) is 33.0 Å². The zero-order valence-corrected chi connectivity index (χ0v) is 22.0. The molecule has 0 rings (SSSR count). The molecule has 18 N–H and O–H groups in total. The molecule has 0 saturated carbocycles. The van der Waals surface area contributed by atoms with E-state index in [1.165, 1.54) is 0 Å². The highest BCUT2D eigenvalue weighted by atomic mass is 16.4. The Balaban J connectivity index is -0.000000235. The highest BCUT2D eigenvalue weighted by molar-refractivity contribution is 5.57. The predicted octanol–water partition coefficient (Wildman–Crippen LogP) is -11.8. The lowest BCUT2D eigenvalue weighted by molar-refractivity contribution is -0.136. The van der Waals surface area contributed by atoms with Crippen LogP contribution in [0.5, 0.6) is 0 Å². The zero-order valence-electron chi connectivity index (χ0n) is 22.0. The lowest BCUT2D eigenvalue weighted by Gasteiger charge is -2.22. The van der Waals surface area contributed by atoms with Crippen LogP contribution in [0.25, 0.3) is 0 Å². The minimum Gasteiger partial charge on any atom is -0.394 e. The van der Waals surface area contributed by atoms with Crippen molar-refractivity contribution in [2.24, 2.45) is 0 Å². The van der Waals surface area contributed by atoms with Gasteiger partial charge in [0.15, 0.2) is 18.9 Å². The van der Waals surface area contributed by atoms with E-state index in [0.717, 1.165) is 0 Å². The van der Waals surface area contributed by atoms with Crippen LogP contribution in [0.4, 0.5) is 0 Å². The molecule has 0 radical (unpaired) electrons. The van der Waals surface area contributed by atoms with Gasteiger partial charge in [0.1, 0.15) is 79.4 Å². The van der Waals surface area contributed by atoms with Crippen LogP contribution >= 0.6 is 0 Å². The largest absolute Gasteiger partial charge is 0.394 e. The topological polar surface area (TPSA) is 415 Å². The van der Waals surface area contributed by atoms with E-state index in [-0.39, 0.29) is 32.1 Å². The van der Waals surface area contributed by atoms with Gasteiger partial charge in [0.25, 0.3) is 0 Å². The molecule has 42 heavy (non-hydrogen) atoms. The van der Waals surface area contributed by atoms with Crippen LogP contribution in [0.3, 0.4) is 0 Å². The van der Waals surface area contributed by atoms with Crippen molar-refractivity contribution in [3.05, 3.63) is 0 Å². The average Bonchev–Trinajstić information content (AvgIpc) is 3.03. The van der Waals surface area contributed by atoms with Crippen molar-refractivity contribution >= 4 is 18.9 Å². The van der Waals surface area contributed by atoms with Gasteiger partial charge in [0.2, 0.25) is 0 Å². The maximum atomic E-state index is 9.90. The Bertz CT molecular complexity index is 563. The molecule has 0 aromatic carbocycles. The summed E-state index contributed by atoms with van der Waals surface area (Å²) < 4.78 is 0. The van der Waals surface area contributed by atoms with Crippen molar-refractivity contribution in [2.45, 2.75) is 79.4 Å². The van der Waals surface area contributed by atoms with Crippen molar-refractivity contribution in [1.82, 2.24) is 0 Å². The maximum absolute atomic E-state index is 9.90. The second-order valence-electron chi connectivity index (χ2n) is 8.09. The van der Waals surface area contributed by atoms with Crippen LogP contribution in [-0.4, -0.2) is 223 Å². The van der Waals surface area contributed by atoms with Gasteiger partial charge in [-0.15, -0.1) is 0 Å². The van der Waals surface area contributed by atoms with Gasteiger partial charge >= 0.3 is 0 Å². The molecule has 21 heteroatoms. The van der Waals surface area contributed by atoms with Gasteiger partial charge in [0, 0.05) is 0 Å². The minimum atomic E-state index is -1.79. The number of hydrogen-bond donors (Lipinski definition) is 18. The summed E-state index contributed by atoms with van der Waals surface area (Å²) in [6.45, 7) is -3.01. The number of carbonyl (C=O) groups excluding carboxylic acids is 3. The predicted molar refractivity (Wildman–Crippen MR) is 132 cm³/mol. The summed E-state index contributed by atoms with van der Waals surface area (Å²) in [7, 11) is 0. The lowest BCUT2D eigenvalue weighted by Crippen LogP contribution is -2.46. The number of carbonyl (C=O) groups is 3. The Morgan fingerprint density at radius 1 is 0.333 bits per heavy atom. The van der Waals surface area contributed by atoms with E-state index in [0.29, 0.717) is 0 Å². The van der Waals surface area contributed by atoms with E-state index in [1.54, 1.807) is 0 Å².